The van der Waals surface area contributed by atoms with E-state index in [9.17, 15) is 19.7 Å². The normalized spacial score (nSPS) is 10.6. The first-order chi connectivity index (χ1) is 17.1. The number of nitro benzene ring substituents is 1. The Bertz CT molecular complexity index is 1350. The monoisotopic (exact) mass is 488 g/mol. The van der Waals surface area contributed by atoms with E-state index in [1.165, 1.54) is 25.3 Å². The Morgan fingerprint density at radius 1 is 1.03 bits per heavy atom. The number of nitro groups is 1. The number of esters is 1. The number of nitrogens with one attached hydrogen (secondary N) is 1. The number of hydrogen-bond acceptors (Lipinski definition) is 7. The van der Waals surface area contributed by atoms with Crippen LogP contribution in [0.15, 0.2) is 66.7 Å². The second-order valence-corrected chi connectivity index (χ2v) is 8.75. The fraction of sp³-hybridized carbons (Fsp3) is 0.222. The van der Waals surface area contributed by atoms with Gasteiger partial charge in [0, 0.05) is 18.2 Å². The smallest absolute Gasteiger partial charge is 0.465 e. The molecule has 0 spiro atoms. The molecule has 0 heterocycles. The van der Waals surface area contributed by atoms with Crippen molar-refractivity contribution in [1.29, 1.82) is 0 Å². The second-order valence-electron chi connectivity index (χ2n) is 8.75. The number of benzene rings is 3. The fourth-order valence-corrected chi connectivity index (χ4v) is 3.37. The molecule has 3 rings (SSSR count). The van der Waals surface area contributed by atoms with Gasteiger partial charge >= 0.3 is 18.1 Å². The highest BCUT2D eigenvalue weighted by molar-refractivity contribution is 5.98. The molecular formula is C27H26N3O6+. The van der Waals surface area contributed by atoms with E-state index in [1.807, 2.05) is 42.5 Å². The minimum absolute atomic E-state index is 0.0806. The number of nitrogens with zero attached hydrogens (tertiary/aromatic N) is 2. The van der Waals surface area contributed by atoms with Gasteiger partial charge in [-0.2, -0.15) is 4.79 Å². The van der Waals surface area contributed by atoms with Crippen molar-refractivity contribution >= 4 is 23.4 Å². The molecule has 0 aliphatic rings. The van der Waals surface area contributed by atoms with Crippen LogP contribution in [-0.4, -0.2) is 29.7 Å². The number of para-hydroxylation sites is 1. The SMILES string of the molecule is COC(=O)c1cccc([N+](=O)[O-])c1NCc1ccc(-c2ccccc2C#[N+]C(=O)OC(C)(C)C)cc1. The van der Waals surface area contributed by atoms with Gasteiger partial charge in [0.2, 0.25) is 0 Å². The zero-order chi connectivity index (χ0) is 26.3. The van der Waals surface area contributed by atoms with Crippen LogP contribution in [0.3, 0.4) is 0 Å². The van der Waals surface area contributed by atoms with E-state index in [4.69, 9.17) is 9.47 Å². The number of ether oxygens (including phenoxy) is 2. The van der Waals surface area contributed by atoms with E-state index >= 15 is 0 Å². The van der Waals surface area contributed by atoms with Crippen LogP contribution in [0.4, 0.5) is 16.2 Å². The van der Waals surface area contributed by atoms with Gasteiger partial charge in [-0.05, 0) is 44.0 Å². The van der Waals surface area contributed by atoms with E-state index in [1.54, 1.807) is 26.8 Å². The van der Waals surface area contributed by atoms with Crippen LogP contribution in [0.25, 0.3) is 16.0 Å². The summed E-state index contributed by atoms with van der Waals surface area (Å²) in [6.45, 7) is 5.52. The molecule has 9 heteroatoms. The van der Waals surface area contributed by atoms with Crippen LogP contribution < -0.4 is 5.32 Å². The van der Waals surface area contributed by atoms with E-state index in [0.29, 0.717) is 5.56 Å². The van der Waals surface area contributed by atoms with Gasteiger partial charge in [0.1, 0.15) is 16.9 Å². The molecule has 3 aromatic carbocycles. The Hall–Kier alpha value is -4.71. The Morgan fingerprint density at radius 2 is 1.72 bits per heavy atom. The van der Waals surface area contributed by atoms with Gasteiger partial charge in [0.15, 0.2) is 0 Å². The number of carbonyl (C=O) groups is 2. The van der Waals surface area contributed by atoms with Gasteiger partial charge in [-0.25, -0.2) is 4.79 Å². The van der Waals surface area contributed by atoms with Crippen molar-refractivity contribution in [3.05, 3.63) is 98.4 Å². The van der Waals surface area contributed by atoms with Crippen LogP contribution in [0.2, 0.25) is 0 Å². The highest BCUT2D eigenvalue weighted by Crippen LogP contribution is 2.30. The minimum atomic E-state index is -0.722. The van der Waals surface area contributed by atoms with Crippen molar-refractivity contribution in [1.82, 2.24) is 0 Å². The number of hydrogen-bond donors (Lipinski definition) is 1. The van der Waals surface area contributed by atoms with Crippen molar-refractivity contribution in [3.8, 4) is 17.2 Å². The van der Waals surface area contributed by atoms with E-state index < -0.39 is 22.6 Å². The maximum atomic E-state index is 12.1. The average molecular weight is 489 g/mol. The number of methoxy groups -OCH3 is 1. The molecule has 0 fully saturated rings. The summed E-state index contributed by atoms with van der Waals surface area (Å²) in [5.41, 5.74) is 2.44. The Labute approximate surface area is 208 Å². The van der Waals surface area contributed by atoms with Crippen molar-refractivity contribution in [2.45, 2.75) is 32.9 Å². The lowest BCUT2D eigenvalue weighted by molar-refractivity contribution is -0.384. The van der Waals surface area contributed by atoms with Crippen LogP contribution in [-0.2, 0) is 16.0 Å². The molecule has 9 nitrogen and oxygen atoms in total. The minimum Gasteiger partial charge on any atom is -0.465 e. The standard InChI is InChI=1S/C27H25N3O6/c1-27(2,3)36-26(32)29-17-20-8-5-6-9-21(20)19-14-12-18(13-15-19)16-28-24-22(25(31)35-4)10-7-11-23(24)30(33)34/h5-15H,16H2,1-4H3/p+1. The summed E-state index contributed by atoms with van der Waals surface area (Å²) in [7, 11) is 1.22. The van der Waals surface area contributed by atoms with Crippen LogP contribution in [0.5, 0.6) is 0 Å². The van der Waals surface area contributed by atoms with Crippen LogP contribution in [0.1, 0.15) is 42.3 Å². The molecule has 0 aromatic heterocycles. The van der Waals surface area contributed by atoms with Gasteiger partial charge in [-0.3, -0.25) is 10.1 Å². The topological polar surface area (TPSA) is 112 Å². The summed E-state index contributed by atoms with van der Waals surface area (Å²) in [5.74, 6) is -0.669. The first-order valence-electron chi connectivity index (χ1n) is 11.1. The largest absolute Gasteiger partial charge is 0.728 e. The summed E-state index contributed by atoms with van der Waals surface area (Å²) in [4.78, 5) is 38.7. The summed E-state index contributed by atoms with van der Waals surface area (Å²) in [5, 5.41) is 14.5. The highest BCUT2D eigenvalue weighted by Gasteiger charge is 2.24. The molecule has 0 atom stereocenters. The van der Waals surface area contributed by atoms with E-state index in [-0.39, 0.29) is 23.5 Å². The maximum Gasteiger partial charge on any atom is 0.728 e. The van der Waals surface area contributed by atoms with E-state index in [2.05, 4.69) is 16.2 Å². The third kappa shape index (κ3) is 6.67. The molecule has 0 bridgehead atoms. The molecule has 0 aliphatic carbocycles. The molecule has 36 heavy (non-hydrogen) atoms. The summed E-state index contributed by atoms with van der Waals surface area (Å²) >= 11 is 0. The third-order valence-electron chi connectivity index (χ3n) is 4.97. The maximum absolute atomic E-state index is 12.1. The van der Waals surface area contributed by atoms with Gasteiger partial charge < -0.3 is 14.8 Å². The van der Waals surface area contributed by atoms with Gasteiger partial charge in [0.05, 0.1) is 22.4 Å². The van der Waals surface area contributed by atoms with Gasteiger partial charge in [-0.1, -0.05) is 48.5 Å². The number of carbonyl (C=O) groups excluding carboxylic acids is 2. The lowest BCUT2D eigenvalue weighted by Crippen LogP contribution is -2.21. The van der Waals surface area contributed by atoms with Crippen molar-refractivity contribution in [2.24, 2.45) is 0 Å². The van der Waals surface area contributed by atoms with Crippen molar-refractivity contribution < 1.29 is 24.0 Å². The lowest BCUT2D eigenvalue weighted by Gasteiger charge is -2.12. The Kier molecular flexibility index (Phi) is 8.02. The fourth-order valence-electron chi connectivity index (χ4n) is 3.37. The van der Waals surface area contributed by atoms with Crippen LogP contribution in [0, 0.1) is 16.2 Å². The first kappa shape index (κ1) is 25.9. The molecular weight excluding hydrogens is 462 g/mol. The zero-order valence-electron chi connectivity index (χ0n) is 20.4. The molecule has 184 valence electrons. The molecule has 0 aliphatic heterocycles. The Balaban J connectivity index is 1.81. The predicted octanol–water partition coefficient (Wildman–Crippen LogP) is 6.28. The van der Waals surface area contributed by atoms with Gasteiger partial charge in [-0.15, -0.1) is 0 Å². The lowest BCUT2D eigenvalue weighted by atomic mass is 9.99. The average Bonchev–Trinajstić information content (AvgIpc) is 2.85. The molecule has 0 saturated heterocycles. The van der Waals surface area contributed by atoms with Crippen LogP contribution >= 0.6 is 0 Å². The number of anilines is 1. The van der Waals surface area contributed by atoms with Gasteiger partial charge in [0.25, 0.3) is 5.69 Å². The third-order valence-corrected chi connectivity index (χ3v) is 4.97. The van der Waals surface area contributed by atoms with Crippen molar-refractivity contribution in [3.63, 3.8) is 0 Å². The molecule has 0 saturated carbocycles. The molecule has 1 N–H and O–H groups in total. The zero-order valence-corrected chi connectivity index (χ0v) is 20.4. The summed E-state index contributed by atoms with van der Waals surface area (Å²) in [6, 6.07) is 21.8. The summed E-state index contributed by atoms with van der Waals surface area (Å²) < 4.78 is 9.95. The number of amides is 1. The predicted molar refractivity (Wildman–Crippen MR) is 136 cm³/mol. The highest BCUT2D eigenvalue weighted by atomic mass is 16.6. The molecule has 0 radical (unpaired) electrons. The number of rotatable bonds is 6. The molecule has 3 aromatic rings. The Morgan fingerprint density at radius 3 is 2.36 bits per heavy atom. The first-order valence-corrected chi connectivity index (χ1v) is 11.1. The van der Waals surface area contributed by atoms with E-state index in [0.717, 1.165) is 16.7 Å². The summed E-state index contributed by atoms with van der Waals surface area (Å²) in [6.07, 6.45) is -0.722. The molecule has 1 amide bonds. The quantitative estimate of drug-likeness (QED) is 0.247. The molecule has 0 unspecified atom stereocenters. The second kappa shape index (κ2) is 11.1. The van der Waals surface area contributed by atoms with Crippen molar-refractivity contribution in [2.75, 3.05) is 12.4 Å².